The number of amides is 1. The molecule has 0 unspecified atom stereocenters. The first-order valence-corrected chi connectivity index (χ1v) is 5.30. The number of carboxylic acids is 1. The number of nitrogens with one attached hydrogen (secondary N) is 1. The van der Waals surface area contributed by atoms with E-state index in [0.29, 0.717) is 0 Å². The van der Waals surface area contributed by atoms with Crippen molar-refractivity contribution in [3.63, 3.8) is 0 Å². The molecule has 1 aromatic carbocycles. The number of carbonyl (C=O) groups is 2. The molecule has 1 aromatic rings. The summed E-state index contributed by atoms with van der Waals surface area (Å²) in [6.45, 7) is -0.567. The molecular formula is C11H10F3NO5. The van der Waals surface area contributed by atoms with Crippen molar-refractivity contribution in [1.29, 1.82) is 0 Å². The molecular weight excluding hydrogens is 283 g/mol. The van der Waals surface area contributed by atoms with Crippen LogP contribution in [0.1, 0.15) is 16.8 Å². The Morgan fingerprint density at radius 2 is 1.85 bits per heavy atom. The van der Waals surface area contributed by atoms with E-state index in [1.54, 1.807) is 0 Å². The molecule has 0 saturated carbocycles. The lowest BCUT2D eigenvalue weighted by molar-refractivity contribution is -0.139. The first kappa shape index (κ1) is 15.8. The molecule has 0 bridgehead atoms. The van der Waals surface area contributed by atoms with Gasteiger partial charge in [0.2, 0.25) is 5.82 Å². The van der Waals surface area contributed by atoms with Gasteiger partial charge in [0.05, 0.1) is 5.56 Å². The Hall–Kier alpha value is -2.29. The zero-order chi connectivity index (χ0) is 15.4. The highest BCUT2D eigenvalue weighted by Gasteiger charge is 2.26. The fourth-order valence-electron chi connectivity index (χ4n) is 1.38. The maximum atomic E-state index is 13.4. The molecule has 9 heteroatoms. The van der Waals surface area contributed by atoms with Crippen molar-refractivity contribution in [2.45, 2.75) is 12.5 Å². The topological polar surface area (TPSA) is 107 Å². The molecule has 0 aliphatic carbocycles. The van der Waals surface area contributed by atoms with Crippen molar-refractivity contribution >= 4 is 11.9 Å². The molecule has 1 atom stereocenters. The van der Waals surface area contributed by atoms with Crippen molar-refractivity contribution in [2.24, 2.45) is 0 Å². The molecule has 0 saturated heterocycles. The van der Waals surface area contributed by atoms with E-state index >= 15 is 0 Å². The normalized spacial score (nSPS) is 12.0. The first-order valence-electron chi connectivity index (χ1n) is 5.30. The zero-order valence-electron chi connectivity index (χ0n) is 9.86. The van der Waals surface area contributed by atoms with Gasteiger partial charge in [0.1, 0.15) is 6.04 Å². The van der Waals surface area contributed by atoms with E-state index in [4.69, 9.17) is 15.3 Å². The van der Waals surface area contributed by atoms with Crippen molar-refractivity contribution in [1.82, 2.24) is 5.32 Å². The Morgan fingerprint density at radius 1 is 1.25 bits per heavy atom. The van der Waals surface area contributed by atoms with E-state index in [2.05, 4.69) is 0 Å². The highest BCUT2D eigenvalue weighted by Crippen LogP contribution is 2.25. The van der Waals surface area contributed by atoms with Crippen LogP contribution in [0.2, 0.25) is 0 Å². The number of carboxylic acid groups (broad SMARTS) is 1. The molecule has 0 aromatic heterocycles. The minimum absolute atomic E-state index is 0.192. The Balaban J connectivity index is 3.07. The van der Waals surface area contributed by atoms with Crippen LogP contribution in [-0.2, 0) is 4.79 Å². The number of aliphatic hydroxyl groups excluding tert-OH is 1. The monoisotopic (exact) mass is 293 g/mol. The maximum Gasteiger partial charge on any atom is 0.326 e. The predicted octanol–water partition coefficient (Wildman–Crippen LogP) is 0.375. The van der Waals surface area contributed by atoms with Gasteiger partial charge in [0.25, 0.3) is 5.91 Å². The van der Waals surface area contributed by atoms with E-state index in [-0.39, 0.29) is 12.5 Å². The molecule has 1 amide bonds. The average Bonchev–Trinajstić information content (AvgIpc) is 2.39. The molecule has 0 fully saturated rings. The number of halogens is 3. The number of aliphatic carboxylic acids is 1. The second-order valence-electron chi connectivity index (χ2n) is 3.76. The number of rotatable bonds is 5. The van der Waals surface area contributed by atoms with Gasteiger partial charge in [0, 0.05) is 13.0 Å². The molecule has 0 spiro atoms. The van der Waals surface area contributed by atoms with Gasteiger partial charge in [-0.25, -0.2) is 13.6 Å². The lowest BCUT2D eigenvalue weighted by Gasteiger charge is -2.14. The number of carbonyl (C=O) groups excluding carboxylic acids is 1. The summed E-state index contributed by atoms with van der Waals surface area (Å²) in [4.78, 5) is 22.3. The third kappa shape index (κ3) is 3.18. The number of phenolic OH excluding ortho intramolecular Hbond substituents is 1. The third-order valence-corrected chi connectivity index (χ3v) is 2.40. The second kappa shape index (κ2) is 6.24. The van der Waals surface area contributed by atoms with Crippen LogP contribution >= 0.6 is 0 Å². The van der Waals surface area contributed by atoms with E-state index in [9.17, 15) is 22.8 Å². The van der Waals surface area contributed by atoms with Gasteiger partial charge in [-0.3, -0.25) is 4.79 Å². The van der Waals surface area contributed by atoms with Gasteiger partial charge in [-0.2, -0.15) is 4.39 Å². The van der Waals surface area contributed by atoms with Gasteiger partial charge >= 0.3 is 5.97 Å². The number of aliphatic hydroxyl groups is 1. The summed E-state index contributed by atoms with van der Waals surface area (Å²) in [6, 6.07) is -1.35. The Bertz CT molecular complexity index is 549. The lowest BCUT2D eigenvalue weighted by atomic mass is 10.1. The van der Waals surface area contributed by atoms with Crippen LogP contribution in [0, 0.1) is 17.5 Å². The largest absolute Gasteiger partial charge is 0.503 e. The van der Waals surface area contributed by atoms with Crippen LogP contribution in [0.25, 0.3) is 0 Å². The van der Waals surface area contributed by atoms with Crippen LogP contribution in [0.4, 0.5) is 13.2 Å². The van der Waals surface area contributed by atoms with Crippen molar-refractivity contribution in [2.75, 3.05) is 6.61 Å². The van der Waals surface area contributed by atoms with Gasteiger partial charge in [-0.1, -0.05) is 0 Å². The fraction of sp³-hybridized carbons (Fsp3) is 0.273. The molecule has 1 rings (SSSR count). The second-order valence-corrected chi connectivity index (χ2v) is 3.76. The van der Waals surface area contributed by atoms with Crippen LogP contribution in [0.5, 0.6) is 5.75 Å². The number of benzene rings is 1. The molecule has 6 nitrogen and oxygen atoms in total. The molecule has 20 heavy (non-hydrogen) atoms. The molecule has 110 valence electrons. The SMILES string of the molecule is O=C(N[C@H](CCO)C(=O)O)c1cc(F)c(F)c(O)c1F. The quantitative estimate of drug-likeness (QED) is 0.587. The third-order valence-electron chi connectivity index (χ3n) is 2.40. The molecule has 0 radical (unpaired) electrons. The zero-order valence-corrected chi connectivity index (χ0v) is 9.86. The highest BCUT2D eigenvalue weighted by atomic mass is 19.2. The van der Waals surface area contributed by atoms with Crippen LogP contribution in [0.3, 0.4) is 0 Å². The van der Waals surface area contributed by atoms with Crippen LogP contribution < -0.4 is 5.32 Å². The Labute approximate surface area is 110 Å². The molecule has 0 heterocycles. The maximum absolute atomic E-state index is 13.4. The summed E-state index contributed by atoms with van der Waals surface area (Å²) >= 11 is 0. The smallest absolute Gasteiger partial charge is 0.326 e. The van der Waals surface area contributed by atoms with Gasteiger partial charge in [-0.15, -0.1) is 0 Å². The van der Waals surface area contributed by atoms with Gasteiger partial charge < -0.3 is 20.6 Å². The summed E-state index contributed by atoms with van der Waals surface area (Å²) in [5.41, 5.74) is -1.05. The summed E-state index contributed by atoms with van der Waals surface area (Å²) in [6.07, 6.45) is -0.363. The molecule has 4 N–H and O–H groups in total. The number of aromatic hydroxyl groups is 1. The number of hydrogen-bond donors (Lipinski definition) is 4. The van der Waals surface area contributed by atoms with E-state index in [0.717, 1.165) is 0 Å². The van der Waals surface area contributed by atoms with Crippen molar-refractivity contribution < 1.29 is 38.1 Å². The lowest BCUT2D eigenvalue weighted by Crippen LogP contribution is -2.41. The van der Waals surface area contributed by atoms with Crippen LogP contribution in [-0.4, -0.2) is 39.8 Å². The van der Waals surface area contributed by atoms with E-state index in [1.807, 2.05) is 5.32 Å². The minimum atomic E-state index is -1.86. The van der Waals surface area contributed by atoms with E-state index in [1.165, 1.54) is 0 Å². The first-order chi connectivity index (χ1) is 9.29. The van der Waals surface area contributed by atoms with Crippen LogP contribution in [0.15, 0.2) is 6.07 Å². The average molecular weight is 293 g/mol. The molecule has 0 aliphatic heterocycles. The predicted molar refractivity (Wildman–Crippen MR) is 58.6 cm³/mol. The van der Waals surface area contributed by atoms with Crippen molar-refractivity contribution in [3.05, 3.63) is 29.1 Å². The van der Waals surface area contributed by atoms with E-state index < -0.39 is 53.3 Å². The summed E-state index contributed by atoms with van der Waals surface area (Å²) in [5.74, 6) is -9.77. The van der Waals surface area contributed by atoms with Gasteiger partial charge in [0.15, 0.2) is 17.4 Å². The van der Waals surface area contributed by atoms with Gasteiger partial charge in [-0.05, 0) is 6.07 Å². The molecule has 0 aliphatic rings. The summed E-state index contributed by atoms with van der Waals surface area (Å²) in [5, 5.41) is 28.1. The fourth-order valence-corrected chi connectivity index (χ4v) is 1.38. The number of hydrogen-bond acceptors (Lipinski definition) is 4. The summed E-state index contributed by atoms with van der Waals surface area (Å²) < 4.78 is 39.2. The Kier molecular flexibility index (Phi) is 4.92. The standard InChI is InChI=1S/C11H10F3NO5/c12-5-3-4(7(13)9(17)8(5)14)10(18)15-6(1-2-16)11(19)20/h3,6,16-17H,1-2H2,(H,15,18)(H,19,20)/t6-/m1/s1. The van der Waals surface area contributed by atoms with Crippen molar-refractivity contribution in [3.8, 4) is 5.75 Å². The highest BCUT2D eigenvalue weighted by molar-refractivity contribution is 5.97. The minimum Gasteiger partial charge on any atom is -0.503 e. The Morgan fingerprint density at radius 3 is 2.35 bits per heavy atom. The number of phenols is 1. The summed E-state index contributed by atoms with van der Waals surface area (Å²) in [7, 11) is 0.